The zero-order valence-corrected chi connectivity index (χ0v) is 16.3. The molecule has 0 saturated carbocycles. The van der Waals surface area contributed by atoms with Crippen molar-refractivity contribution in [3.05, 3.63) is 52.7 Å². The summed E-state index contributed by atoms with van der Waals surface area (Å²) in [5.74, 6) is -1.75. The van der Waals surface area contributed by atoms with Gasteiger partial charge in [-0.15, -0.1) is 0 Å². The molecule has 8 nitrogen and oxygen atoms in total. The first kappa shape index (κ1) is 21.9. The number of hydrogen-bond donors (Lipinski definition) is 2. The molecule has 2 atom stereocenters. The van der Waals surface area contributed by atoms with Crippen LogP contribution in [-0.2, 0) is 10.3 Å². The molecule has 0 radical (unpaired) electrons. The van der Waals surface area contributed by atoms with Crippen LogP contribution in [0.25, 0.3) is 0 Å². The highest BCUT2D eigenvalue weighted by Gasteiger charge is 2.50. The largest absolute Gasteiger partial charge is 0.452 e. The number of amidine groups is 1. The number of ether oxygens (including phenoxy) is 1. The van der Waals surface area contributed by atoms with Crippen LogP contribution in [0, 0.1) is 24.1 Å². The topological polar surface area (TPSA) is 126 Å². The second-order valence-electron chi connectivity index (χ2n) is 7.06. The summed E-state index contributed by atoms with van der Waals surface area (Å²) in [6, 6.07) is 4.71. The molecule has 0 aliphatic carbocycles. The molecule has 2 unspecified atom stereocenters. The van der Waals surface area contributed by atoms with Crippen molar-refractivity contribution >= 4 is 17.7 Å². The van der Waals surface area contributed by atoms with Crippen molar-refractivity contribution in [2.45, 2.75) is 38.1 Å². The summed E-state index contributed by atoms with van der Waals surface area (Å²) in [6.07, 6.45) is -6.58. The Morgan fingerprint density at radius 3 is 2.74 bits per heavy atom. The number of alkyl halides is 3. The SMILES string of the molecule is Cc1cc(C#N)cnc1C(=O)Nc1ccc(F)c(C2(C)CC(C(F)(F)F)OC(N)=N2)n1. The Labute approximate surface area is 173 Å². The molecule has 31 heavy (non-hydrogen) atoms. The second kappa shape index (κ2) is 7.82. The molecule has 0 bridgehead atoms. The quantitative estimate of drug-likeness (QED) is 0.713. The molecule has 0 spiro atoms. The van der Waals surface area contributed by atoms with Crippen LogP contribution in [0.15, 0.2) is 29.4 Å². The first-order chi connectivity index (χ1) is 14.4. The van der Waals surface area contributed by atoms with Crippen LogP contribution in [0.5, 0.6) is 0 Å². The van der Waals surface area contributed by atoms with Gasteiger partial charge in [-0.1, -0.05) is 0 Å². The Balaban J connectivity index is 1.93. The summed E-state index contributed by atoms with van der Waals surface area (Å²) in [5, 5.41) is 11.3. The predicted molar refractivity (Wildman–Crippen MR) is 100 cm³/mol. The van der Waals surface area contributed by atoms with Gasteiger partial charge in [0.1, 0.15) is 34.6 Å². The fraction of sp³-hybridized carbons (Fsp3) is 0.316. The minimum absolute atomic E-state index is 0.00311. The summed E-state index contributed by atoms with van der Waals surface area (Å²) < 4.78 is 58.6. The number of pyridine rings is 2. The lowest BCUT2D eigenvalue weighted by molar-refractivity contribution is -0.208. The van der Waals surface area contributed by atoms with E-state index in [9.17, 15) is 22.4 Å². The second-order valence-corrected chi connectivity index (χ2v) is 7.06. The summed E-state index contributed by atoms with van der Waals surface area (Å²) in [6.45, 7) is 2.81. The summed E-state index contributed by atoms with van der Waals surface area (Å²) >= 11 is 0. The van der Waals surface area contributed by atoms with Gasteiger partial charge in [-0.05, 0) is 37.6 Å². The van der Waals surface area contributed by atoms with Gasteiger partial charge in [0.2, 0.25) is 0 Å². The Morgan fingerprint density at radius 2 is 2.13 bits per heavy atom. The van der Waals surface area contributed by atoms with Crippen LogP contribution in [-0.4, -0.2) is 34.2 Å². The minimum Gasteiger partial charge on any atom is -0.452 e. The lowest BCUT2D eigenvalue weighted by Crippen LogP contribution is -2.46. The fourth-order valence-electron chi connectivity index (χ4n) is 3.13. The van der Waals surface area contributed by atoms with Crippen LogP contribution in [0.3, 0.4) is 0 Å². The van der Waals surface area contributed by atoms with Gasteiger partial charge in [-0.25, -0.2) is 19.4 Å². The highest BCUT2D eigenvalue weighted by atomic mass is 19.4. The number of amides is 1. The summed E-state index contributed by atoms with van der Waals surface area (Å²) in [7, 11) is 0. The van der Waals surface area contributed by atoms with Crippen molar-refractivity contribution in [2.75, 3.05) is 5.32 Å². The number of aliphatic imine (C=N–C) groups is 1. The van der Waals surface area contributed by atoms with E-state index >= 15 is 0 Å². The van der Waals surface area contributed by atoms with Crippen LogP contribution in [0.1, 0.15) is 40.7 Å². The summed E-state index contributed by atoms with van der Waals surface area (Å²) in [4.78, 5) is 24.2. The number of nitrogens with one attached hydrogen (secondary N) is 1. The Hall–Kier alpha value is -3.75. The van der Waals surface area contributed by atoms with Crippen molar-refractivity contribution in [2.24, 2.45) is 10.7 Å². The Kier molecular flexibility index (Phi) is 5.54. The highest BCUT2D eigenvalue weighted by molar-refractivity contribution is 6.03. The highest BCUT2D eigenvalue weighted by Crippen LogP contribution is 2.40. The van der Waals surface area contributed by atoms with E-state index in [1.54, 1.807) is 6.92 Å². The third-order valence-corrected chi connectivity index (χ3v) is 4.59. The van der Waals surface area contributed by atoms with E-state index in [-0.39, 0.29) is 17.1 Å². The van der Waals surface area contributed by atoms with Crippen molar-refractivity contribution < 1.29 is 27.1 Å². The zero-order chi connectivity index (χ0) is 23.0. The molecular weight excluding hydrogens is 420 g/mol. The predicted octanol–water partition coefficient (Wildman–Crippen LogP) is 2.93. The van der Waals surface area contributed by atoms with E-state index < -0.39 is 47.7 Å². The third-order valence-electron chi connectivity index (χ3n) is 4.59. The Morgan fingerprint density at radius 1 is 1.42 bits per heavy atom. The molecule has 1 aliphatic rings. The van der Waals surface area contributed by atoms with Gasteiger partial charge in [-0.2, -0.15) is 18.4 Å². The van der Waals surface area contributed by atoms with Gasteiger partial charge in [0, 0.05) is 12.6 Å². The maximum absolute atomic E-state index is 14.5. The number of rotatable bonds is 3. The van der Waals surface area contributed by atoms with Crippen molar-refractivity contribution in [3.63, 3.8) is 0 Å². The molecular formula is C19H16F4N6O2. The molecule has 0 saturated heterocycles. The van der Waals surface area contributed by atoms with E-state index in [2.05, 4.69) is 25.0 Å². The maximum Gasteiger partial charge on any atom is 0.425 e. The normalized spacial score (nSPS) is 20.9. The van der Waals surface area contributed by atoms with Gasteiger partial charge in [0.25, 0.3) is 11.9 Å². The molecule has 2 aromatic rings. The van der Waals surface area contributed by atoms with E-state index in [1.165, 1.54) is 19.2 Å². The first-order valence-corrected chi connectivity index (χ1v) is 8.87. The number of aryl methyl sites for hydroxylation is 1. The molecule has 3 N–H and O–H groups in total. The lowest BCUT2D eigenvalue weighted by atomic mass is 9.89. The van der Waals surface area contributed by atoms with Gasteiger partial charge < -0.3 is 15.8 Å². The number of carbonyl (C=O) groups excluding carboxylic acids is 1. The first-order valence-electron chi connectivity index (χ1n) is 8.87. The standard InChI is InChI=1S/C19H16F4N6O2/c1-9-5-10(7-24)8-26-14(9)16(30)28-13-4-3-11(20)15(27-13)18(2)6-12(19(21,22)23)31-17(25)29-18/h3-5,8,12H,6H2,1-2H3,(H2,25,29)(H,27,28,30). The van der Waals surface area contributed by atoms with Crippen molar-refractivity contribution in [1.29, 1.82) is 5.26 Å². The van der Waals surface area contributed by atoms with E-state index in [4.69, 9.17) is 11.0 Å². The molecule has 1 aliphatic heterocycles. The number of nitrogens with zero attached hydrogens (tertiary/aromatic N) is 4. The number of anilines is 1. The molecule has 0 fully saturated rings. The average molecular weight is 436 g/mol. The number of aromatic nitrogens is 2. The lowest BCUT2D eigenvalue weighted by Gasteiger charge is -2.35. The number of carbonyl (C=O) groups is 1. The van der Waals surface area contributed by atoms with Crippen molar-refractivity contribution in [3.8, 4) is 6.07 Å². The average Bonchev–Trinajstić information content (AvgIpc) is 2.67. The number of nitriles is 1. The van der Waals surface area contributed by atoms with Crippen molar-refractivity contribution in [1.82, 2.24) is 9.97 Å². The summed E-state index contributed by atoms with van der Waals surface area (Å²) in [5.41, 5.74) is 3.86. The monoisotopic (exact) mass is 436 g/mol. The van der Waals surface area contributed by atoms with E-state index in [1.807, 2.05) is 6.07 Å². The zero-order valence-electron chi connectivity index (χ0n) is 16.3. The molecule has 1 amide bonds. The van der Waals surface area contributed by atoms with Crippen LogP contribution < -0.4 is 11.1 Å². The number of hydrogen-bond acceptors (Lipinski definition) is 7. The van der Waals surface area contributed by atoms with Gasteiger partial charge in [0.05, 0.1) is 5.56 Å². The molecule has 162 valence electrons. The Bertz CT molecular complexity index is 1110. The van der Waals surface area contributed by atoms with Crippen LogP contribution in [0.4, 0.5) is 23.4 Å². The molecule has 3 rings (SSSR count). The third kappa shape index (κ3) is 4.55. The van der Waals surface area contributed by atoms with Gasteiger partial charge >= 0.3 is 6.18 Å². The van der Waals surface area contributed by atoms with Gasteiger partial charge in [0.15, 0.2) is 6.10 Å². The van der Waals surface area contributed by atoms with Crippen LogP contribution >= 0.6 is 0 Å². The minimum atomic E-state index is -4.75. The molecule has 0 aromatic carbocycles. The molecule has 2 aromatic heterocycles. The number of halogens is 4. The molecule has 12 heteroatoms. The van der Waals surface area contributed by atoms with Crippen LogP contribution in [0.2, 0.25) is 0 Å². The van der Waals surface area contributed by atoms with E-state index in [0.29, 0.717) is 5.56 Å². The maximum atomic E-state index is 14.5. The van der Waals surface area contributed by atoms with E-state index in [0.717, 1.165) is 12.1 Å². The smallest absolute Gasteiger partial charge is 0.425 e. The fourth-order valence-corrected chi connectivity index (χ4v) is 3.13. The molecule has 3 heterocycles. The number of nitrogens with two attached hydrogens (primary N) is 1. The van der Waals surface area contributed by atoms with Gasteiger partial charge in [-0.3, -0.25) is 4.79 Å².